The van der Waals surface area contributed by atoms with Crippen LogP contribution in [0, 0.1) is 11.8 Å². The van der Waals surface area contributed by atoms with Gasteiger partial charge in [-0.3, -0.25) is 0 Å². The molecule has 1 aliphatic carbocycles. The SMILES string of the molecule is NC1CC2CN(I)CC2C1. The van der Waals surface area contributed by atoms with Crippen LogP contribution >= 0.6 is 22.9 Å². The predicted octanol–water partition coefficient (Wildman–Crippen LogP) is 1.01. The van der Waals surface area contributed by atoms with E-state index in [9.17, 15) is 0 Å². The number of nitrogens with two attached hydrogens (primary N) is 1. The van der Waals surface area contributed by atoms with E-state index in [-0.39, 0.29) is 0 Å². The Morgan fingerprint density at radius 2 is 1.70 bits per heavy atom. The summed E-state index contributed by atoms with van der Waals surface area (Å²) in [5.41, 5.74) is 5.85. The van der Waals surface area contributed by atoms with Crippen molar-refractivity contribution in [2.75, 3.05) is 13.1 Å². The van der Waals surface area contributed by atoms with Crippen molar-refractivity contribution in [1.82, 2.24) is 3.11 Å². The zero-order valence-corrected chi connectivity index (χ0v) is 8.12. The van der Waals surface area contributed by atoms with Crippen LogP contribution in [0.1, 0.15) is 12.8 Å². The van der Waals surface area contributed by atoms with Gasteiger partial charge < -0.3 is 5.73 Å². The maximum absolute atomic E-state index is 5.85. The van der Waals surface area contributed by atoms with Gasteiger partial charge in [-0.25, -0.2) is 3.11 Å². The molecule has 0 radical (unpaired) electrons. The lowest BCUT2D eigenvalue weighted by molar-refractivity contribution is 0.494. The maximum Gasteiger partial charge on any atom is 0.0201 e. The molecule has 2 aliphatic rings. The van der Waals surface area contributed by atoms with Gasteiger partial charge in [0.25, 0.3) is 0 Å². The Balaban J connectivity index is 2.00. The van der Waals surface area contributed by atoms with Crippen molar-refractivity contribution in [3.05, 3.63) is 0 Å². The van der Waals surface area contributed by atoms with Crippen molar-refractivity contribution >= 4 is 22.9 Å². The van der Waals surface area contributed by atoms with E-state index >= 15 is 0 Å². The highest BCUT2D eigenvalue weighted by Crippen LogP contribution is 2.38. The number of hydrogen-bond donors (Lipinski definition) is 1. The molecule has 3 heteroatoms. The Morgan fingerprint density at radius 1 is 1.20 bits per heavy atom. The number of halogens is 1. The fraction of sp³-hybridized carbons (Fsp3) is 1.00. The molecule has 1 saturated heterocycles. The Hall–Kier alpha value is 0.650. The van der Waals surface area contributed by atoms with Crippen LogP contribution in [0.15, 0.2) is 0 Å². The third-order valence-corrected chi connectivity index (χ3v) is 3.53. The zero-order valence-electron chi connectivity index (χ0n) is 5.96. The molecule has 2 rings (SSSR count). The summed E-state index contributed by atoms with van der Waals surface area (Å²) in [6.45, 7) is 2.55. The Bertz CT molecular complexity index is 112. The number of nitrogens with zero attached hydrogens (tertiary/aromatic N) is 1. The number of fused-ring (bicyclic) bond motifs is 1. The average molecular weight is 252 g/mol. The van der Waals surface area contributed by atoms with Crippen LogP contribution in [0.3, 0.4) is 0 Å². The summed E-state index contributed by atoms with van der Waals surface area (Å²) in [4.78, 5) is 0. The first kappa shape index (κ1) is 7.31. The summed E-state index contributed by atoms with van der Waals surface area (Å²) in [7, 11) is 0. The Morgan fingerprint density at radius 3 is 2.20 bits per heavy atom. The fourth-order valence-electron chi connectivity index (χ4n) is 2.29. The van der Waals surface area contributed by atoms with Crippen LogP contribution in [0.5, 0.6) is 0 Å². The zero-order chi connectivity index (χ0) is 7.14. The van der Waals surface area contributed by atoms with E-state index in [1.54, 1.807) is 0 Å². The van der Waals surface area contributed by atoms with E-state index in [2.05, 4.69) is 26.0 Å². The van der Waals surface area contributed by atoms with E-state index in [1.807, 2.05) is 0 Å². The van der Waals surface area contributed by atoms with Gasteiger partial charge in [-0.2, -0.15) is 0 Å². The molecule has 1 heterocycles. The minimum Gasteiger partial charge on any atom is -0.328 e. The van der Waals surface area contributed by atoms with Gasteiger partial charge >= 0.3 is 0 Å². The molecule has 2 N–H and O–H groups in total. The predicted molar refractivity (Wildman–Crippen MR) is 49.8 cm³/mol. The lowest BCUT2D eigenvalue weighted by Gasteiger charge is -2.07. The van der Waals surface area contributed by atoms with Crippen molar-refractivity contribution in [1.29, 1.82) is 0 Å². The van der Waals surface area contributed by atoms with E-state index in [0.29, 0.717) is 6.04 Å². The van der Waals surface area contributed by atoms with E-state index in [0.717, 1.165) is 11.8 Å². The summed E-state index contributed by atoms with van der Waals surface area (Å²) in [6.07, 6.45) is 2.54. The molecule has 10 heavy (non-hydrogen) atoms. The second-order valence-electron chi connectivity index (χ2n) is 3.58. The van der Waals surface area contributed by atoms with Crippen molar-refractivity contribution in [2.45, 2.75) is 18.9 Å². The van der Waals surface area contributed by atoms with Gasteiger partial charge in [0.2, 0.25) is 0 Å². The maximum atomic E-state index is 5.85. The van der Waals surface area contributed by atoms with Crippen LogP contribution in [-0.4, -0.2) is 22.2 Å². The molecular formula is C7H13IN2. The molecule has 2 fully saturated rings. The van der Waals surface area contributed by atoms with E-state index in [4.69, 9.17) is 5.73 Å². The third-order valence-electron chi connectivity index (χ3n) is 2.74. The molecule has 0 amide bonds. The molecule has 58 valence electrons. The second-order valence-corrected chi connectivity index (χ2v) is 4.94. The first-order valence-electron chi connectivity index (χ1n) is 3.92. The third kappa shape index (κ3) is 1.19. The standard InChI is InChI=1S/C7H13IN2/c8-10-3-5-1-7(9)2-6(5)4-10/h5-7H,1-4,9H2. The second kappa shape index (κ2) is 2.60. The molecule has 2 nitrogen and oxygen atoms in total. The van der Waals surface area contributed by atoms with Gasteiger partial charge in [-0.15, -0.1) is 0 Å². The lowest BCUT2D eigenvalue weighted by Crippen LogP contribution is -2.19. The van der Waals surface area contributed by atoms with Gasteiger partial charge in [0.1, 0.15) is 0 Å². The summed E-state index contributed by atoms with van der Waals surface area (Å²) < 4.78 is 2.40. The average Bonchev–Trinajstić information content (AvgIpc) is 2.21. The molecule has 0 aromatic rings. The molecule has 1 aliphatic heterocycles. The van der Waals surface area contributed by atoms with Crippen molar-refractivity contribution in [3.8, 4) is 0 Å². The van der Waals surface area contributed by atoms with Crippen molar-refractivity contribution < 1.29 is 0 Å². The van der Waals surface area contributed by atoms with Crippen LogP contribution in [0.2, 0.25) is 0 Å². The van der Waals surface area contributed by atoms with Gasteiger partial charge in [0.05, 0.1) is 0 Å². The fourth-order valence-corrected chi connectivity index (χ4v) is 3.30. The van der Waals surface area contributed by atoms with Gasteiger partial charge in [0.15, 0.2) is 0 Å². The topological polar surface area (TPSA) is 29.3 Å². The number of hydrogen-bond acceptors (Lipinski definition) is 2. The van der Waals surface area contributed by atoms with Gasteiger partial charge in [0, 0.05) is 42.0 Å². The first-order valence-corrected chi connectivity index (χ1v) is 4.88. The minimum atomic E-state index is 0.514. The summed E-state index contributed by atoms with van der Waals surface area (Å²) in [5, 5.41) is 0. The van der Waals surface area contributed by atoms with Crippen molar-refractivity contribution in [2.24, 2.45) is 17.6 Å². The van der Waals surface area contributed by atoms with Crippen LogP contribution in [0.25, 0.3) is 0 Å². The molecule has 2 unspecified atom stereocenters. The molecule has 0 spiro atoms. The number of rotatable bonds is 0. The largest absolute Gasteiger partial charge is 0.328 e. The molecule has 0 aromatic carbocycles. The Kier molecular flexibility index (Phi) is 1.90. The minimum absolute atomic E-state index is 0.514. The highest BCUT2D eigenvalue weighted by Gasteiger charge is 2.38. The first-order chi connectivity index (χ1) is 4.75. The van der Waals surface area contributed by atoms with Gasteiger partial charge in [-0.1, -0.05) is 0 Å². The van der Waals surface area contributed by atoms with E-state index < -0.39 is 0 Å². The lowest BCUT2D eigenvalue weighted by atomic mass is 10.0. The molecule has 1 saturated carbocycles. The highest BCUT2D eigenvalue weighted by atomic mass is 127. The van der Waals surface area contributed by atoms with Crippen LogP contribution in [0.4, 0.5) is 0 Å². The Labute approximate surface area is 75.6 Å². The van der Waals surface area contributed by atoms with Crippen LogP contribution in [-0.2, 0) is 0 Å². The monoisotopic (exact) mass is 252 g/mol. The normalized spacial score (nSPS) is 48.0. The smallest absolute Gasteiger partial charge is 0.0201 e. The molecule has 0 bridgehead atoms. The molecule has 2 atom stereocenters. The highest BCUT2D eigenvalue weighted by molar-refractivity contribution is 14.1. The summed E-state index contributed by atoms with van der Waals surface area (Å²) in [5.74, 6) is 1.85. The quantitative estimate of drug-likeness (QED) is 0.515. The summed E-state index contributed by atoms with van der Waals surface area (Å²) in [6, 6.07) is 0.514. The van der Waals surface area contributed by atoms with Crippen LogP contribution < -0.4 is 5.73 Å². The molecule has 0 aromatic heterocycles. The summed E-state index contributed by atoms with van der Waals surface area (Å²) >= 11 is 2.42. The van der Waals surface area contributed by atoms with Crippen molar-refractivity contribution in [3.63, 3.8) is 0 Å². The van der Waals surface area contributed by atoms with Gasteiger partial charge in [-0.05, 0) is 24.7 Å². The van der Waals surface area contributed by atoms with E-state index in [1.165, 1.54) is 25.9 Å². The molecular weight excluding hydrogens is 239 g/mol.